The average Bonchev–Trinajstić information content (AvgIpc) is 2.73. The van der Waals surface area contributed by atoms with Crippen LogP contribution >= 0.6 is 0 Å². The molecular weight excluding hydrogens is 373 g/mol. The molecule has 0 saturated heterocycles. The van der Waals surface area contributed by atoms with Gasteiger partial charge in [0.2, 0.25) is 0 Å². The summed E-state index contributed by atoms with van der Waals surface area (Å²) in [6, 6.07) is 15.0. The molecule has 0 atom stereocenters. The van der Waals surface area contributed by atoms with Crippen molar-refractivity contribution in [3.05, 3.63) is 90.0 Å². The predicted molar refractivity (Wildman–Crippen MR) is 106 cm³/mol. The number of pyridine rings is 2. The van der Waals surface area contributed by atoms with Crippen LogP contribution in [-0.4, -0.2) is 27.0 Å². The van der Waals surface area contributed by atoms with Gasteiger partial charge in [0, 0.05) is 29.0 Å². The SMILES string of the molecule is O=C(O)c1cccc(NC(=O)c2cc(-c3ccncc3)nc3ccc(F)cc23)c1. The average molecular weight is 387 g/mol. The zero-order valence-electron chi connectivity index (χ0n) is 15.0. The second kappa shape index (κ2) is 7.47. The van der Waals surface area contributed by atoms with Crippen LogP contribution in [0.1, 0.15) is 20.7 Å². The summed E-state index contributed by atoms with van der Waals surface area (Å²) in [7, 11) is 0. The molecule has 1 amide bonds. The number of carbonyl (C=O) groups excluding carboxylic acids is 1. The molecule has 2 aromatic heterocycles. The smallest absolute Gasteiger partial charge is 0.335 e. The van der Waals surface area contributed by atoms with E-state index in [1.807, 2.05) is 0 Å². The van der Waals surface area contributed by atoms with Crippen LogP contribution in [-0.2, 0) is 0 Å². The van der Waals surface area contributed by atoms with E-state index in [4.69, 9.17) is 5.11 Å². The van der Waals surface area contributed by atoms with Gasteiger partial charge in [-0.2, -0.15) is 0 Å². The quantitative estimate of drug-likeness (QED) is 0.542. The van der Waals surface area contributed by atoms with Gasteiger partial charge < -0.3 is 10.4 Å². The molecule has 2 aromatic carbocycles. The van der Waals surface area contributed by atoms with Crippen molar-refractivity contribution >= 4 is 28.5 Å². The molecule has 2 heterocycles. The molecule has 142 valence electrons. The van der Waals surface area contributed by atoms with Crippen molar-refractivity contribution < 1.29 is 19.1 Å². The number of hydrogen-bond acceptors (Lipinski definition) is 4. The zero-order valence-corrected chi connectivity index (χ0v) is 15.0. The molecule has 29 heavy (non-hydrogen) atoms. The Kier molecular flexibility index (Phi) is 4.70. The van der Waals surface area contributed by atoms with E-state index in [1.54, 1.807) is 36.7 Å². The van der Waals surface area contributed by atoms with Gasteiger partial charge in [-0.1, -0.05) is 6.07 Å². The minimum atomic E-state index is -1.10. The lowest BCUT2D eigenvalue weighted by Gasteiger charge is -2.11. The predicted octanol–water partition coefficient (Wildman–Crippen LogP) is 4.39. The van der Waals surface area contributed by atoms with E-state index in [0.717, 1.165) is 5.56 Å². The van der Waals surface area contributed by atoms with E-state index >= 15 is 0 Å². The summed E-state index contributed by atoms with van der Waals surface area (Å²) in [5, 5.41) is 12.2. The number of aromatic nitrogens is 2. The third kappa shape index (κ3) is 3.79. The van der Waals surface area contributed by atoms with Crippen LogP contribution in [0, 0.1) is 5.82 Å². The molecule has 0 unspecified atom stereocenters. The van der Waals surface area contributed by atoms with Crippen molar-refractivity contribution in [2.24, 2.45) is 0 Å². The number of rotatable bonds is 4. The Balaban J connectivity index is 1.80. The Labute approximate surface area is 164 Å². The van der Waals surface area contributed by atoms with Crippen LogP contribution in [0.3, 0.4) is 0 Å². The standard InChI is InChI=1S/C22H14FN3O3/c23-15-4-5-19-17(11-15)18(12-20(26-19)13-6-8-24-9-7-13)21(27)25-16-3-1-2-14(10-16)22(28)29/h1-12H,(H,25,27)(H,28,29). The van der Waals surface area contributed by atoms with Gasteiger partial charge in [-0.3, -0.25) is 9.78 Å². The van der Waals surface area contributed by atoms with Crippen LogP contribution < -0.4 is 5.32 Å². The van der Waals surface area contributed by atoms with Gasteiger partial charge in [0.05, 0.1) is 22.3 Å². The van der Waals surface area contributed by atoms with Crippen molar-refractivity contribution in [3.63, 3.8) is 0 Å². The number of fused-ring (bicyclic) bond motifs is 1. The third-order valence-electron chi connectivity index (χ3n) is 4.36. The van der Waals surface area contributed by atoms with Crippen LogP contribution in [0.4, 0.5) is 10.1 Å². The van der Waals surface area contributed by atoms with Crippen molar-refractivity contribution in [1.29, 1.82) is 0 Å². The number of aromatic carboxylic acids is 1. The maximum atomic E-state index is 13.8. The number of hydrogen-bond donors (Lipinski definition) is 2. The fourth-order valence-electron chi connectivity index (χ4n) is 2.98. The van der Waals surface area contributed by atoms with Crippen molar-refractivity contribution in [1.82, 2.24) is 9.97 Å². The van der Waals surface area contributed by atoms with E-state index in [9.17, 15) is 14.0 Å². The largest absolute Gasteiger partial charge is 0.478 e. The number of nitrogens with zero attached hydrogens (tertiary/aromatic N) is 2. The normalized spacial score (nSPS) is 10.7. The second-order valence-electron chi connectivity index (χ2n) is 6.29. The molecule has 6 nitrogen and oxygen atoms in total. The maximum absolute atomic E-state index is 13.8. The number of carbonyl (C=O) groups is 2. The Morgan fingerprint density at radius 3 is 2.52 bits per heavy atom. The minimum Gasteiger partial charge on any atom is -0.478 e. The lowest BCUT2D eigenvalue weighted by atomic mass is 10.0. The molecule has 0 saturated carbocycles. The van der Waals surface area contributed by atoms with E-state index in [2.05, 4.69) is 15.3 Å². The molecule has 4 aromatic rings. The first-order valence-corrected chi connectivity index (χ1v) is 8.67. The van der Waals surface area contributed by atoms with E-state index in [1.165, 1.54) is 36.4 Å². The summed E-state index contributed by atoms with van der Waals surface area (Å²) < 4.78 is 13.8. The molecule has 7 heteroatoms. The molecule has 0 radical (unpaired) electrons. The molecule has 2 N–H and O–H groups in total. The maximum Gasteiger partial charge on any atom is 0.335 e. The van der Waals surface area contributed by atoms with E-state index in [-0.39, 0.29) is 11.1 Å². The van der Waals surface area contributed by atoms with Gasteiger partial charge in [0.25, 0.3) is 5.91 Å². The molecule has 0 spiro atoms. The topological polar surface area (TPSA) is 92.2 Å². The van der Waals surface area contributed by atoms with Gasteiger partial charge in [-0.25, -0.2) is 14.2 Å². The van der Waals surface area contributed by atoms with Crippen molar-refractivity contribution in [2.45, 2.75) is 0 Å². The number of anilines is 1. The van der Waals surface area contributed by atoms with Gasteiger partial charge >= 0.3 is 5.97 Å². The third-order valence-corrected chi connectivity index (χ3v) is 4.36. The van der Waals surface area contributed by atoms with Crippen molar-refractivity contribution in [2.75, 3.05) is 5.32 Å². The monoisotopic (exact) mass is 387 g/mol. The number of carboxylic acids is 1. The van der Waals surface area contributed by atoms with Crippen LogP contribution in [0.2, 0.25) is 0 Å². The van der Waals surface area contributed by atoms with E-state index in [0.29, 0.717) is 22.3 Å². The second-order valence-corrected chi connectivity index (χ2v) is 6.29. The fourth-order valence-corrected chi connectivity index (χ4v) is 2.98. The zero-order chi connectivity index (χ0) is 20.4. The molecule has 0 aliphatic carbocycles. The minimum absolute atomic E-state index is 0.0471. The molecule has 0 aliphatic rings. The van der Waals surface area contributed by atoms with Crippen LogP contribution in [0.5, 0.6) is 0 Å². The lowest BCUT2D eigenvalue weighted by Crippen LogP contribution is -2.13. The summed E-state index contributed by atoms with van der Waals surface area (Å²) in [4.78, 5) is 32.6. The number of halogens is 1. The van der Waals surface area contributed by atoms with Crippen LogP contribution in [0.25, 0.3) is 22.2 Å². The highest BCUT2D eigenvalue weighted by Gasteiger charge is 2.16. The number of benzene rings is 2. The molecule has 0 fully saturated rings. The Hall–Kier alpha value is -4.13. The molecule has 4 rings (SSSR count). The highest BCUT2D eigenvalue weighted by Crippen LogP contribution is 2.26. The van der Waals surface area contributed by atoms with Gasteiger partial charge in [-0.15, -0.1) is 0 Å². The first kappa shape index (κ1) is 18.2. The first-order valence-electron chi connectivity index (χ1n) is 8.67. The highest BCUT2D eigenvalue weighted by molar-refractivity contribution is 6.13. The fraction of sp³-hybridized carbons (Fsp3) is 0. The Morgan fingerprint density at radius 1 is 0.966 bits per heavy atom. The van der Waals surface area contributed by atoms with Crippen LogP contribution in [0.15, 0.2) is 73.1 Å². The number of amides is 1. The molecule has 0 bridgehead atoms. The van der Waals surface area contributed by atoms with Gasteiger partial charge in [0.15, 0.2) is 0 Å². The number of carboxylic acid groups (broad SMARTS) is 1. The first-order chi connectivity index (χ1) is 14.0. The highest BCUT2D eigenvalue weighted by atomic mass is 19.1. The Bertz CT molecular complexity index is 1240. The van der Waals surface area contributed by atoms with Gasteiger partial charge in [-0.05, 0) is 54.6 Å². The number of nitrogens with one attached hydrogen (secondary N) is 1. The molecular formula is C22H14FN3O3. The van der Waals surface area contributed by atoms with Crippen molar-refractivity contribution in [3.8, 4) is 11.3 Å². The molecule has 0 aliphatic heterocycles. The summed E-state index contributed by atoms with van der Waals surface area (Å²) in [6.07, 6.45) is 3.23. The Morgan fingerprint density at radius 2 is 1.76 bits per heavy atom. The summed E-state index contributed by atoms with van der Waals surface area (Å²) >= 11 is 0. The van der Waals surface area contributed by atoms with E-state index < -0.39 is 17.7 Å². The summed E-state index contributed by atoms with van der Waals surface area (Å²) in [5.74, 6) is -2.09. The summed E-state index contributed by atoms with van der Waals surface area (Å²) in [6.45, 7) is 0. The lowest BCUT2D eigenvalue weighted by molar-refractivity contribution is 0.0696. The van der Waals surface area contributed by atoms with Gasteiger partial charge in [0.1, 0.15) is 5.82 Å². The summed E-state index contributed by atoms with van der Waals surface area (Å²) in [5.41, 5.74) is 2.35.